The molecule has 90 valence electrons. The minimum Gasteiger partial charge on any atom is -0.468 e. The molecule has 6 heteroatoms. The third-order valence-corrected chi connectivity index (χ3v) is 3.44. The van der Waals surface area contributed by atoms with E-state index in [-0.39, 0.29) is 0 Å². The summed E-state index contributed by atoms with van der Waals surface area (Å²) in [5.41, 5.74) is 0. The van der Waals surface area contributed by atoms with Crippen LogP contribution in [0.25, 0.3) is 0 Å². The molecule has 1 aromatic rings. The van der Waals surface area contributed by atoms with Gasteiger partial charge in [-0.05, 0) is 33.0 Å². The Balaban J connectivity index is 1.67. The van der Waals surface area contributed by atoms with Crippen molar-refractivity contribution in [2.45, 2.75) is 19.4 Å². The Morgan fingerprint density at radius 1 is 1.38 bits per heavy atom. The van der Waals surface area contributed by atoms with Gasteiger partial charge in [0.05, 0.1) is 0 Å². The van der Waals surface area contributed by atoms with E-state index in [9.17, 15) is 0 Å². The molecule has 0 unspecified atom stereocenters. The fourth-order valence-electron chi connectivity index (χ4n) is 1.79. The fourth-order valence-corrected chi connectivity index (χ4v) is 2.51. The standard InChI is InChI=1S/C10H18N4OS/c1-11-8-9-12-13-10(16-9)15-7-6-14-4-2-3-5-14/h11H,2-8H2,1H3. The number of aromatic nitrogens is 2. The lowest BCUT2D eigenvalue weighted by Crippen LogP contribution is -2.25. The lowest BCUT2D eigenvalue weighted by Gasteiger charge is -2.13. The van der Waals surface area contributed by atoms with Crippen LogP contribution in [0.15, 0.2) is 0 Å². The molecule has 5 nitrogen and oxygen atoms in total. The molecule has 1 aliphatic heterocycles. The molecule has 0 aliphatic carbocycles. The third kappa shape index (κ3) is 3.40. The van der Waals surface area contributed by atoms with Crippen LogP contribution in [-0.4, -0.2) is 48.4 Å². The van der Waals surface area contributed by atoms with E-state index in [0.717, 1.165) is 18.1 Å². The Kier molecular flexibility index (Phi) is 4.50. The number of likely N-dealkylation sites (tertiary alicyclic amines) is 1. The van der Waals surface area contributed by atoms with Gasteiger partial charge in [-0.15, -0.1) is 10.2 Å². The Morgan fingerprint density at radius 3 is 2.94 bits per heavy atom. The first-order valence-electron chi connectivity index (χ1n) is 5.70. The average Bonchev–Trinajstić information content (AvgIpc) is 2.90. The highest BCUT2D eigenvalue weighted by Gasteiger charge is 2.11. The van der Waals surface area contributed by atoms with Crippen LogP contribution < -0.4 is 10.1 Å². The molecule has 2 heterocycles. The lowest BCUT2D eigenvalue weighted by molar-refractivity contribution is 0.236. The molecule has 0 aromatic carbocycles. The second-order valence-electron chi connectivity index (χ2n) is 3.89. The summed E-state index contributed by atoms with van der Waals surface area (Å²) >= 11 is 1.51. The summed E-state index contributed by atoms with van der Waals surface area (Å²) < 4.78 is 5.57. The van der Waals surface area contributed by atoms with E-state index >= 15 is 0 Å². The van der Waals surface area contributed by atoms with Crippen molar-refractivity contribution < 1.29 is 4.74 Å². The van der Waals surface area contributed by atoms with Gasteiger partial charge in [0.1, 0.15) is 11.6 Å². The highest BCUT2D eigenvalue weighted by molar-refractivity contribution is 7.13. The Morgan fingerprint density at radius 2 is 2.19 bits per heavy atom. The maximum Gasteiger partial charge on any atom is 0.294 e. The van der Waals surface area contributed by atoms with Crippen molar-refractivity contribution >= 4 is 11.3 Å². The van der Waals surface area contributed by atoms with Gasteiger partial charge in [-0.25, -0.2) is 0 Å². The minimum atomic E-state index is 0.685. The first-order chi connectivity index (χ1) is 7.88. The van der Waals surface area contributed by atoms with Gasteiger partial charge >= 0.3 is 0 Å². The topological polar surface area (TPSA) is 50.3 Å². The molecule has 1 aliphatic rings. The predicted octanol–water partition coefficient (Wildman–Crippen LogP) is 0.732. The van der Waals surface area contributed by atoms with E-state index in [2.05, 4.69) is 20.4 Å². The van der Waals surface area contributed by atoms with E-state index in [1.54, 1.807) is 0 Å². The highest BCUT2D eigenvalue weighted by Crippen LogP contribution is 2.17. The molecule has 0 saturated carbocycles. The summed E-state index contributed by atoms with van der Waals surface area (Å²) in [6, 6.07) is 0. The average molecular weight is 242 g/mol. The van der Waals surface area contributed by atoms with E-state index in [0.29, 0.717) is 11.8 Å². The molecule has 0 atom stereocenters. The first-order valence-corrected chi connectivity index (χ1v) is 6.52. The maximum atomic E-state index is 5.57. The third-order valence-electron chi connectivity index (χ3n) is 2.61. The maximum absolute atomic E-state index is 5.57. The van der Waals surface area contributed by atoms with Crippen molar-refractivity contribution in [2.24, 2.45) is 0 Å². The van der Waals surface area contributed by atoms with E-state index < -0.39 is 0 Å². The minimum absolute atomic E-state index is 0.685. The smallest absolute Gasteiger partial charge is 0.294 e. The number of nitrogens with one attached hydrogen (secondary N) is 1. The number of rotatable bonds is 6. The second kappa shape index (κ2) is 6.12. The molecule has 16 heavy (non-hydrogen) atoms. The Labute approximate surface area is 99.8 Å². The zero-order chi connectivity index (χ0) is 11.2. The van der Waals surface area contributed by atoms with E-state index in [1.807, 2.05) is 7.05 Å². The van der Waals surface area contributed by atoms with Crippen LogP contribution in [0.2, 0.25) is 0 Å². The molecule has 0 bridgehead atoms. The summed E-state index contributed by atoms with van der Waals surface area (Å²) in [6.45, 7) is 4.90. The van der Waals surface area contributed by atoms with Gasteiger partial charge in [0.25, 0.3) is 5.19 Å². The van der Waals surface area contributed by atoms with Gasteiger partial charge in [-0.1, -0.05) is 11.3 Å². The lowest BCUT2D eigenvalue weighted by atomic mass is 10.4. The van der Waals surface area contributed by atoms with E-state index in [4.69, 9.17) is 4.74 Å². The molecular weight excluding hydrogens is 224 g/mol. The van der Waals surface area contributed by atoms with Crippen LogP contribution in [0.1, 0.15) is 17.8 Å². The molecule has 2 rings (SSSR count). The van der Waals surface area contributed by atoms with Crippen molar-refractivity contribution in [3.8, 4) is 5.19 Å². The number of hydrogen-bond acceptors (Lipinski definition) is 6. The van der Waals surface area contributed by atoms with Crippen molar-refractivity contribution in [3.63, 3.8) is 0 Å². The summed E-state index contributed by atoms with van der Waals surface area (Å²) in [6.07, 6.45) is 2.65. The number of nitrogens with zero attached hydrogens (tertiary/aromatic N) is 3. The first kappa shape index (κ1) is 11.8. The molecular formula is C10H18N4OS. The van der Waals surface area contributed by atoms with Gasteiger partial charge in [0, 0.05) is 13.1 Å². The fraction of sp³-hybridized carbons (Fsp3) is 0.800. The van der Waals surface area contributed by atoms with Gasteiger partial charge < -0.3 is 10.1 Å². The van der Waals surface area contributed by atoms with Crippen molar-refractivity contribution in [1.82, 2.24) is 20.4 Å². The summed E-state index contributed by atoms with van der Waals surface area (Å²) in [5, 5.41) is 12.7. The highest BCUT2D eigenvalue weighted by atomic mass is 32.1. The van der Waals surface area contributed by atoms with Crippen molar-refractivity contribution in [1.29, 1.82) is 0 Å². The normalized spacial score (nSPS) is 16.8. The van der Waals surface area contributed by atoms with Crippen molar-refractivity contribution in [2.75, 3.05) is 33.3 Å². The molecule has 1 aromatic heterocycles. The number of hydrogen-bond donors (Lipinski definition) is 1. The largest absolute Gasteiger partial charge is 0.468 e. The quantitative estimate of drug-likeness (QED) is 0.797. The SMILES string of the molecule is CNCc1nnc(OCCN2CCCC2)s1. The van der Waals surface area contributed by atoms with Gasteiger partial charge in [-0.3, -0.25) is 4.90 Å². The Hall–Kier alpha value is -0.720. The van der Waals surface area contributed by atoms with Crippen LogP contribution in [-0.2, 0) is 6.54 Å². The molecule has 1 saturated heterocycles. The molecule has 1 fully saturated rings. The molecule has 0 spiro atoms. The van der Waals surface area contributed by atoms with Gasteiger partial charge in [0.2, 0.25) is 0 Å². The van der Waals surface area contributed by atoms with E-state index in [1.165, 1.54) is 37.3 Å². The molecule has 0 amide bonds. The van der Waals surface area contributed by atoms with Gasteiger partial charge in [0.15, 0.2) is 0 Å². The zero-order valence-electron chi connectivity index (χ0n) is 9.61. The zero-order valence-corrected chi connectivity index (χ0v) is 10.4. The predicted molar refractivity (Wildman–Crippen MR) is 63.8 cm³/mol. The van der Waals surface area contributed by atoms with Crippen LogP contribution in [0.3, 0.4) is 0 Å². The van der Waals surface area contributed by atoms with Crippen LogP contribution in [0.4, 0.5) is 0 Å². The summed E-state index contributed by atoms with van der Waals surface area (Å²) in [7, 11) is 1.90. The molecule has 0 radical (unpaired) electrons. The van der Waals surface area contributed by atoms with Crippen LogP contribution in [0, 0.1) is 0 Å². The Bertz CT molecular complexity index is 312. The summed E-state index contributed by atoms with van der Waals surface area (Å²) in [5.74, 6) is 0. The number of ether oxygens (including phenoxy) is 1. The van der Waals surface area contributed by atoms with Crippen LogP contribution >= 0.6 is 11.3 Å². The second-order valence-corrected chi connectivity index (χ2v) is 4.91. The van der Waals surface area contributed by atoms with Crippen LogP contribution in [0.5, 0.6) is 5.19 Å². The monoisotopic (exact) mass is 242 g/mol. The van der Waals surface area contributed by atoms with Gasteiger partial charge in [-0.2, -0.15) is 0 Å². The van der Waals surface area contributed by atoms with Crippen molar-refractivity contribution in [3.05, 3.63) is 5.01 Å². The molecule has 1 N–H and O–H groups in total. The summed E-state index contributed by atoms with van der Waals surface area (Å²) in [4.78, 5) is 2.43.